The largest absolute Gasteiger partial charge is 0.316 e. The second kappa shape index (κ2) is 8.19. The van der Waals surface area contributed by atoms with Gasteiger partial charge in [0.2, 0.25) is 0 Å². The first kappa shape index (κ1) is 16.0. The zero-order chi connectivity index (χ0) is 15.1. The number of nitrogens with one attached hydrogen (secondary N) is 1. The van der Waals surface area contributed by atoms with Crippen molar-refractivity contribution in [3.05, 3.63) is 48.0 Å². The van der Waals surface area contributed by atoms with Crippen LogP contribution in [-0.2, 0) is 6.42 Å². The molecule has 0 spiro atoms. The van der Waals surface area contributed by atoms with E-state index < -0.39 is 0 Å². The van der Waals surface area contributed by atoms with Crippen molar-refractivity contribution in [2.24, 2.45) is 5.92 Å². The number of hydrogen-bond acceptors (Lipinski definition) is 1. The molecule has 1 heteroatoms. The van der Waals surface area contributed by atoms with Gasteiger partial charge in [0.1, 0.15) is 0 Å². The Kier molecular flexibility index (Phi) is 6.25. The zero-order valence-electron chi connectivity index (χ0n) is 13.7. The van der Waals surface area contributed by atoms with E-state index in [1.54, 1.807) is 0 Å². The summed E-state index contributed by atoms with van der Waals surface area (Å²) in [4.78, 5) is 0. The maximum absolute atomic E-state index is 3.58. The molecule has 0 saturated carbocycles. The zero-order valence-corrected chi connectivity index (χ0v) is 13.7. The molecule has 2 aromatic carbocycles. The summed E-state index contributed by atoms with van der Waals surface area (Å²) in [5, 5.41) is 6.35. The van der Waals surface area contributed by atoms with Gasteiger partial charge in [0.15, 0.2) is 0 Å². The van der Waals surface area contributed by atoms with Gasteiger partial charge in [-0.1, -0.05) is 69.2 Å². The number of rotatable bonds is 8. The number of benzene rings is 2. The Morgan fingerprint density at radius 3 is 2.24 bits per heavy atom. The Balaban J connectivity index is 2.23. The highest BCUT2D eigenvalue weighted by atomic mass is 14.9. The van der Waals surface area contributed by atoms with Crippen molar-refractivity contribution >= 4 is 10.8 Å². The van der Waals surface area contributed by atoms with Gasteiger partial charge in [0.25, 0.3) is 0 Å². The molecular formula is C20H29N. The molecule has 2 rings (SSSR count). The van der Waals surface area contributed by atoms with Crippen molar-refractivity contribution in [2.75, 3.05) is 7.05 Å². The van der Waals surface area contributed by atoms with E-state index in [1.165, 1.54) is 42.0 Å². The molecule has 1 atom stereocenters. The first-order chi connectivity index (χ1) is 10.3. The molecule has 0 aliphatic rings. The molecule has 21 heavy (non-hydrogen) atoms. The normalized spacial score (nSPS) is 13.0. The summed E-state index contributed by atoms with van der Waals surface area (Å²) < 4.78 is 0. The van der Waals surface area contributed by atoms with Gasteiger partial charge in [-0.3, -0.25) is 0 Å². The first-order valence-electron chi connectivity index (χ1n) is 8.44. The maximum Gasteiger partial charge on any atom is 0.0133 e. The van der Waals surface area contributed by atoms with Crippen molar-refractivity contribution in [1.29, 1.82) is 0 Å². The molecule has 0 aromatic heterocycles. The molecule has 1 nitrogen and oxygen atoms in total. The lowest BCUT2D eigenvalue weighted by Crippen LogP contribution is -2.35. The predicted molar refractivity (Wildman–Crippen MR) is 93.8 cm³/mol. The summed E-state index contributed by atoms with van der Waals surface area (Å²) in [6.45, 7) is 4.60. The molecule has 0 aliphatic heterocycles. The summed E-state index contributed by atoms with van der Waals surface area (Å²) in [6, 6.07) is 16.0. The van der Waals surface area contributed by atoms with E-state index in [1.807, 2.05) is 0 Å². The molecule has 0 heterocycles. The molecular weight excluding hydrogens is 254 g/mol. The molecule has 0 saturated heterocycles. The predicted octanol–water partition coefficient (Wildman–Crippen LogP) is 5.19. The molecule has 1 N–H and O–H groups in total. The van der Waals surface area contributed by atoms with Crippen molar-refractivity contribution in [1.82, 2.24) is 5.32 Å². The van der Waals surface area contributed by atoms with Crippen LogP contribution in [0.15, 0.2) is 42.5 Å². The maximum atomic E-state index is 3.58. The topological polar surface area (TPSA) is 12.0 Å². The Hall–Kier alpha value is -1.34. The van der Waals surface area contributed by atoms with Crippen molar-refractivity contribution in [3.63, 3.8) is 0 Å². The van der Waals surface area contributed by atoms with Gasteiger partial charge in [-0.05, 0) is 48.6 Å². The molecule has 2 aromatic rings. The highest BCUT2D eigenvalue weighted by molar-refractivity contribution is 5.85. The third-order valence-electron chi connectivity index (χ3n) is 4.58. The van der Waals surface area contributed by atoms with E-state index in [2.05, 4.69) is 68.7 Å². The lowest BCUT2D eigenvalue weighted by atomic mass is 9.86. The second-order valence-electron chi connectivity index (χ2n) is 6.07. The van der Waals surface area contributed by atoms with Crippen LogP contribution >= 0.6 is 0 Å². The van der Waals surface area contributed by atoms with Gasteiger partial charge in [0, 0.05) is 6.04 Å². The average molecular weight is 283 g/mol. The number of fused-ring (bicyclic) bond motifs is 1. The minimum Gasteiger partial charge on any atom is -0.316 e. The quantitative estimate of drug-likeness (QED) is 0.703. The minimum atomic E-state index is 0.579. The van der Waals surface area contributed by atoms with Crippen LogP contribution in [0.25, 0.3) is 10.8 Å². The van der Waals surface area contributed by atoms with Crippen LogP contribution in [0.5, 0.6) is 0 Å². The Morgan fingerprint density at radius 1 is 0.905 bits per heavy atom. The van der Waals surface area contributed by atoms with E-state index in [4.69, 9.17) is 0 Å². The van der Waals surface area contributed by atoms with Crippen LogP contribution in [-0.4, -0.2) is 13.1 Å². The average Bonchev–Trinajstić information content (AvgIpc) is 2.52. The second-order valence-corrected chi connectivity index (χ2v) is 6.07. The van der Waals surface area contributed by atoms with Crippen molar-refractivity contribution in [2.45, 2.75) is 52.0 Å². The van der Waals surface area contributed by atoms with E-state index >= 15 is 0 Å². The van der Waals surface area contributed by atoms with Gasteiger partial charge in [-0.25, -0.2) is 0 Å². The lowest BCUT2D eigenvalue weighted by Gasteiger charge is -2.27. The van der Waals surface area contributed by atoms with Gasteiger partial charge < -0.3 is 5.32 Å². The Labute approximate surface area is 129 Å². The molecule has 0 fully saturated rings. The smallest absolute Gasteiger partial charge is 0.0133 e. The third-order valence-corrected chi connectivity index (χ3v) is 4.58. The number of likely N-dealkylation sites (N-methyl/N-ethyl adjacent to an activating group) is 1. The highest BCUT2D eigenvalue weighted by Gasteiger charge is 2.19. The Bertz CT molecular complexity index is 535. The molecule has 0 amide bonds. The summed E-state index contributed by atoms with van der Waals surface area (Å²) in [6.07, 6.45) is 6.33. The van der Waals surface area contributed by atoms with Crippen LogP contribution in [0.1, 0.15) is 45.1 Å². The fourth-order valence-electron chi connectivity index (χ4n) is 3.50. The van der Waals surface area contributed by atoms with Crippen LogP contribution in [0.4, 0.5) is 0 Å². The Morgan fingerprint density at radius 2 is 1.57 bits per heavy atom. The van der Waals surface area contributed by atoms with Gasteiger partial charge >= 0.3 is 0 Å². The van der Waals surface area contributed by atoms with Gasteiger partial charge in [-0.15, -0.1) is 0 Å². The van der Waals surface area contributed by atoms with Crippen LogP contribution in [0, 0.1) is 5.92 Å². The van der Waals surface area contributed by atoms with Crippen LogP contribution in [0.3, 0.4) is 0 Å². The lowest BCUT2D eigenvalue weighted by molar-refractivity contribution is 0.323. The van der Waals surface area contributed by atoms with Crippen LogP contribution in [0.2, 0.25) is 0 Å². The third kappa shape index (κ3) is 4.07. The minimum absolute atomic E-state index is 0.579. The van der Waals surface area contributed by atoms with Crippen molar-refractivity contribution in [3.8, 4) is 0 Å². The molecule has 0 aliphatic carbocycles. The SMILES string of the molecule is CCCC(CCC)C(Cc1cccc2ccccc12)NC. The first-order valence-corrected chi connectivity index (χ1v) is 8.44. The van der Waals surface area contributed by atoms with E-state index in [0.717, 1.165) is 12.3 Å². The monoisotopic (exact) mass is 283 g/mol. The summed E-state index contributed by atoms with van der Waals surface area (Å²) in [5.74, 6) is 0.781. The fraction of sp³-hybridized carbons (Fsp3) is 0.500. The summed E-state index contributed by atoms with van der Waals surface area (Å²) in [7, 11) is 2.12. The molecule has 1 unspecified atom stereocenters. The van der Waals surface area contributed by atoms with E-state index in [9.17, 15) is 0 Å². The fourth-order valence-corrected chi connectivity index (χ4v) is 3.50. The standard InChI is InChI=1S/C20H29N/c1-4-9-17(10-5-2)20(21-3)15-18-13-8-12-16-11-6-7-14-19(16)18/h6-8,11-14,17,20-21H,4-5,9-10,15H2,1-3H3. The van der Waals surface area contributed by atoms with E-state index in [-0.39, 0.29) is 0 Å². The van der Waals surface area contributed by atoms with Gasteiger partial charge in [0.05, 0.1) is 0 Å². The highest BCUT2D eigenvalue weighted by Crippen LogP contribution is 2.25. The van der Waals surface area contributed by atoms with Gasteiger partial charge in [-0.2, -0.15) is 0 Å². The van der Waals surface area contributed by atoms with E-state index in [0.29, 0.717) is 6.04 Å². The summed E-state index contributed by atoms with van der Waals surface area (Å²) >= 11 is 0. The molecule has 0 radical (unpaired) electrons. The molecule has 114 valence electrons. The number of hydrogen-bond donors (Lipinski definition) is 1. The molecule has 0 bridgehead atoms. The van der Waals surface area contributed by atoms with Crippen LogP contribution < -0.4 is 5.32 Å². The summed E-state index contributed by atoms with van der Waals surface area (Å²) in [5.41, 5.74) is 1.48. The van der Waals surface area contributed by atoms with Crippen molar-refractivity contribution < 1.29 is 0 Å².